The van der Waals surface area contributed by atoms with Gasteiger partial charge in [0, 0.05) is 74.7 Å². The van der Waals surface area contributed by atoms with Crippen LogP contribution < -0.4 is 44.7 Å². The first kappa shape index (κ1) is 68.7. The standard InChI is InChI=1S/2C29H43N3O.C7H7.2ClH.2Mg/c2*1-28(2,3)22-17-21(27(33)24(18-22)29(4,5)6)19-31-15-9-12-25(31)26-13-10-16-32(26)20-23-11-7-8-14-30-23;1-7-5-3-2-4-6-7;;;;/h2*7-8,11,14,17-18,25-26,33H,9-10,12-13,15-16,19-20H2,1-6H3;2-6H,1H2;2*1H;;/q;;-1;;;2*+2/t2*25-,26-;;;;;/m00...../s1. The van der Waals surface area contributed by atoms with Crippen LogP contribution in [0.3, 0.4) is 0 Å². The molecule has 0 spiro atoms. The van der Waals surface area contributed by atoms with Gasteiger partial charge >= 0.3 is 46.1 Å². The number of benzene rings is 3. The van der Waals surface area contributed by atoms with Crippen molar-refractivity contribution in [3.8, 4) is 11.5 Å². The molecule has 5 aromatic rings. The molecule has 0 saturated carbocycles. The molecule has 4 fully saturated rings. The number of phenols is 1. The predicted octanol–water partition coefficient (Wildman–Crippen LogP) is 3.09. The normalized spacial score (nSPS) is 21.8. The fourth-order valence-corrected chi connectivity index (χ4v) is 12.3. The zero-order valence-corrected chi connectivity index (χ0v) is 53.9. The number of aromatic hydroxyl groups is 1. The van der Waals surface area contributed by atoms with Crippen LogP contribution >= 0.6 is 0 Å². The molecule has 4 aliphatic heterocycles. The molecule has 0 aliphatic carbocycles. The number of nitrogens with one attached hydrogen (secondary N) is 3. The molecule has 9 rings (SSSR count). The van der Waals surface area contributed by atoms with Crippen molar-refractivity contribution in [1.29, 1.82) is 0 Å². The summed E-state index contributed by atoms with van der Waals surface area (Å²) in [4.78, 5) is 16.7. The van der Waals surface area contributed by atoms with E-state index in [1.165, 1.54) is 87.0 Å². The third-order valence-corrected chi connectivity index (χ3v) is 16.5. The molecule has 2 unspecified atom stereocenters. The Morgan fingerprint density at radius 1 is 0.597 bits per heavy atom. The van der Waals surface area contributed by atoms with Gasteiger partial charge in [0.15, 0.2) is 12.7 Å². The maximum absolute atomic E-state index is 13.6. The number of hydrogen-bond acceptors (Lipinski definition) is 5. The molecule has 6 heterocycles. The van der Waals surface area contributed by atoms with Gasteiger partial charge in [0.1, 0.15) is 24.4 Å². The largest absolute Gasteiger partial charge is 2.00 e. The first-order valence-corrected chi connectivity index (χ1v) is 28.1. The second kappa shape index (κ2) is 29.9. The van der Waals surface area contributed by atoms with Crippen LogP contribution in [-0.4, -0.2) is 116 Å². The van der Waals surface area contributed by atoms with Crippen molar-refractivity contribution >= 4 is 46.1 Å². The SMILES string of the molecule is CC(C)(C)c1cc(CN2CCC[C@H]2[C@@H]2CCCN2Cc2ccccn2)c(O)c(C(C)(C)C)c1.CC(C)(C)c1cc(C[NH+]2CCC[C@H]2[C@@H]2CCC[NH+]2Cc2cccc[nH+]2)c([O-])c(C(C)(C)C)c1.[CH2-]c1ccccc1.[Cl-].[Cl-].[Mg+2].[Mg+2]. The Kier molecular flexibility index (Phi) is 26.7. The van der Waals surface area contributed by atoms with E-state index < -0.39 is 0 Å². The number of phenolic OH excluding ortho intramolecular Hbond substituents is 1. The van der Waals surface area contributed by atoms with Crippen molar-refractivity contribution in [2.24, 2.45) is 0 Å². The maximum Gasteiger partial charge on any atom is 2.00 e. The van der Waals surface area contributed by atoms with Crippen molar-refractivity contribution in [2.75, 3.05) is 26.2 Å². The number of likely N-dealkylation sites (tertiary alicyclic amines) is 4. The number of halogens is 2. The van der Waals surface area contributed by atoms with Crippen LogP contribution in [0.25, 0.3) is 0 Å². The Bertz CT molecular complexity index is 2370. The van der Waals surface area contributed by atoms with Gasteiger partial charge in [-0.15, -0.1) is 12.1 Å². The smallest absolute Gasteiger partial charge is 1.00 e. The molecule has 6 atom stereocenters. The van der Waals surface area contributed by atoms with Crippen LogP contribution in [0.2, 0.25) is 0 Å². The Hall–Kier alpha value is -2.62. The fourth-order valence-electron chi connectivity index (χ4n) is 12.3. The van der Waals surface area contributed by atoms with Gasteiger partial charge in [-0.2, -0.15) is 24.6 Å². The molecular weight excluding hydrogens is 1020 g/mol. The first-order chi connectivity index (χ1) is 34.5. The topological polar surface area (TPSA) is 85.7 Å². The van der Waals surface area contributed by atoms with Crippen molar-refractivity contribution in [3.05, 3.63) is 161 Å². The molecule has 12 heteroatoms. The van der Waals surface area contributed by atoms with Gasteiger partial charge in [-0.3, -0.25) is 14.8 Å². The average molecular weight is 1110 g/mol. The van der Waals surface area contributed by atoms with Crippen molar-refractivity contribution in [3.63, 3.8) is 0 Å². The van der Waals surface area contributed by atoms with E-state index >= 15 is 0 Å². The van der Waals surface area contributed by atoms with Gasteiger partial charge in [-0.1, -0.05) is 125 Å². The number of aromatic nitrogens is 2. The van der Waals surface area contributed by atoms with E-state index in [2.05, 4.69) is 164 Å². The molecule has 0 bridgehead atoms. The molecule has 4 saturated heterocycles. The third-order valence-electron chi connectivity index (χ3n) is 16.5. The third kappa shape index (κ3) is 18.7. The molecule has 8 nitrogen and oxygen atoms in total. The molecule has 77 heavy (non-hydrogen) atoms. The number of H-pyrrole nitrogens is 1. The number of aromatic amines is 1. The summed E-state index contributed by atoms with van der Waals surface area (Å²) in [5.74, 6) is 0.779. The number of hydrogen-bond donors (Lipinski definition) is 3. The van der Waals surface area contributed by atoms with E-state index in [-0.39, 0.29) is 98.3 Å². The Labute approximate surface area is 511 Å². The summed E-state index contributed by atoms with van der Waals surface area (Å²) < 4.78 is 0. The molecule has 4 N–H and O–H groups in total. The molecule has 412 valence electrons. The van der Waals surface area contributed by atoms with Crippen molar-refractivity contribution in [2.45, 2.75) is 206 Å². The summed E-state index contributed by atoms with van der Waals surface area (Å²) in [6.07, 6.45) is 14.2. The monoisotopic (exact) mass is 1110 g/mol. The number of pyridine rings is 2. The second-order valence-corrected chi connectivity index (χ2v) is 26.3. The van der Waals surface area contributed by atoms with Gasteiger partial charge in [0.25, 0.3) is 0 Å². The van der Waals surface area contributed by atoms with Crippen molar-refractivity contribution in [1.82, 2.24) is 14.8 Å². The minimum absolute atomic E-state index is 0. The summed E-state index contributed by atoms with van der Waals surface area (Å²) in [7, 11) is 0. The van der Waals surface area contributed by atoms with E-state index in [1.807, 2.05) is 48.8 Å². The van der Waals surface area contributed by atoms with Crippen LogP contribution in [0.15, 0.2) is 103 Å². The van der Waals surface area contributed by atoms with E-state index in [9.17, 15) is 10.2 Å². The zero-order valence-electron chi connectivity index (χ0n) is 49.5. The summed E-state index contributed by atoms with van der Waals surface area (Å²) >= 11 is 0. The summed E-state index contributed by atoms with van der Waals surface area (Å²) in [6, 6.07) is 33.9. The molecular formula is C65H95Cl2Mg2N6O2+3. The summed E-state index contributed by atoms with van der Waals surface area (Å²) in [6.45, 7) is 38.9. The van der Waals surface area contributed by atoms with E-state index in [4.69, 9.17) is 0 Å². The Morgan fingerprint density at radius 3 is 1.58 bits per heavy atom. The fraction of sp³-hybridized carbons (Fsp3) is 0.554. The van der Waals surface area contributed by atoms with Crippen LogP contribution in [0.1, 0.15) is 185 Å². The zero-order chi connectivity index (χ0) is 52.7. The maximum atomic E-state index is 13.6. The minimum atomic E-state index is -0.134. The number of rotatable bonds is 10. The van der Waals surface area contributed by atoms with Crippen molar-refractivity contribution < 1.29 is 49.8 Å². The van der Waals surface area contributed by atoms with Crippen LogP contribution in [0, 0.1) is 6.92 Å². The van der Waals surface area contributed by atoms with Crippen LogP contribution in [0.5, 0.6) is 11.5 Å². The average Bonchev–Trinajstić information content (AvgIpc) is 4.17. The van der Waals surface area contributed by atoms with E-state index in [0.29, 0.717) is 29.9 Å². The van der Waals surface area contributed by atoms with Gasteiger partial charge in [-0.25, -0.2) is 4.98 Å². The quantitative estimate of drug-likeness (QED) is 0.148. The van der Waals surface area contributed by atoms with E-state index in [0.717, 1.165) is 67.1 Å². The van der Waals surface area contributed by atoms with Gasteiger partial charge < -0.3 is 44.8 Å². The second-order valence-electron chi connectivity index (χ2n) is 26.3. The summed E-state index contributed by atoms with van der Waals surface area (Å²) in [5.41, 5.74) is 10.2. The molecule has 2 aromatic heterocycles. The van der Waals surface area contributed by atoms with Crippen LogP contribution in [-0.2, 0) is 47.8 Å². The predicted molar refractivity (Wildman–Crippen MR) is 310 cm³/mol. The molecule has 0 amide bonds. The molecule has 0 radical (unpaired) electrons. The molecule has 3 aromatic carbocycles. The molecule has 4 aliphatic rings. The minimum Gasteiger partial charge on any atom is -1.00 e. The van der Waals surface area contributed by atoms with Gasteiger partial charge in [-0.05, 0) is 106 Å². The van der Waals surface area contributed by atoms with Gasteiger partial charge in [0.2, 0.25) is 5.69 Å². The Morgan fingerprint density at radius 2 is 1.10 bits per heavy atom. The Balaban J connectivity index is 0.000000343. The van der Waals surface area contributed by atoms with E-state index in [1.54, 1.807) is 9.80 Å². The van der Waals surface area contributed by atoms with Gasteiger partial charge in [0.05, 0.1) is 18.8 Å². The summed E-state index contributed by atoms with van der Waals surface area (Å²) in [5, 5.41) is 24.9. The number of nitrogens with zero attached hydrogens (tertiary/aromatic N) is 3. The first-order valence-electron chi connectivity index (χ1n) is 28.1. The van der Waals surface area contributed by atoms with Crippen LogP contribution in [0.4, 0.5) is 0 Å². The number of quaternary nitrogens is 2.